The number of aryl methyl sites for hydroxylation is 2. The second-order valence-corrected chi connectivity index (χ2v) is 4.38. The molecule has 1 aliphatic heterocycles. The smallest absolute Gasteiger partial charge is 0.108 e. The van der Waals surface area contributed by atoms with Gasteiger partial charge in [-0.15, -0.1) is 0 Å². The molecular weight excluding hydrogens is 174 g/mol. The Hall–Kier alpha value is -0.830. The Labute approximate surface area is 85.5 Å². The molecule has 3 nitrogen and oxygen atoms in total. The van der Waals surface area contributed by atoms with E-state index in [4.69, 9.17) is 0 Å². The fraction of sp³-hybridized carbons (Fsp3) is 0.727. The quantitative estimate of drug-likeness (QED) is 0.773. The topological polar surface area (TPSA) is 29.9 Å². The van der Waals surface area contributed by atoms with E-state index in [0.717, 1.165) is 13.0 Å². The van der Waals surface area contributed by atoms with Crippen LogP contribution in [0.5, 0.6) is 0 Å². The van der Waals surface area contributed by atoms with Crippen molar-refractivity contribution in [3.63, 3.8) is 0 Å². The molecule has 0 bridgehead atoms. The van der Waals surface area contributed by atoms with Crippen LogP contribution in [-0.2, 0) is 13.0 Å². The van der Waals surface area contributed by atoms with E-state index in [0.29, 0.717) is 12.1 Å². The lowest BCUT2D eigenvalue weighted by Gasteiger charge is -2.18. The predicted octanol–water partition coefficient (Wildman–Crippen LogP) is 1.59. The van der Waals surface area contributed by atoms with E-state index < -0.39 is 0 Å². The summed E-state index contributed by atoms with van der Waals surface area (Å²) in [5.74, 6) is 1.25. The van der Waals surface area contributed by atoms with Gasteiger partial charge in [0.2, 0.25) is 0 Å². The summed E-state index contributed by atoms with van der Waals surface area (Å²) in [7, 11) is 0. The van der Waals surface area contributed by atoms with Gasteiger partial charge in [0.15, 0.2) is 0 Å². The second kappa shape index (κ2) is 4.13. The fourth-order valence-electron chi connectivity index (χ4n) is 2.15. The van der Waals surface area contributed by atoms with E-state index in [9.17, 15) is 0 Å². The molecule has 0 aromatic carbocycles. The van der Waals surface area contributed by atoms with Crippen molar-refractivity contribution in [2.75, 3.05) is 0 Å². The maximum atomic E-state index is 4.37. The van der Waals surface area contributed by atoms with Crippen LogP contribution in [0.3, 0.4) is 0 Å². The Morgan fingerprint density at radius 3 is 3.14 bits per heavy atom. The zero-order valence-corrected chi connectivity index (χ0v) is 9.03. The van der Waals surface area contributed by atoms with Gasteiger partial charge in [0, 0.05) is 37.4 Å². The van der Waals surface area contributed by atoms with Crippen molar-refractivity contribution in [3.05, 3.63) is 18.2 Å². The van der Waals surface area contributed by atoms with E-state index in [-0.39, 0.29) is 0 Å². The van der Waals surface area contributed by atoms with Crippen molar-refractivity contribution in [2.45, 2.75) is 51.7 Å². The highest BCUT2D eigenvalue weighted by atomic mass is 15.1. The van der Waals surface area contributed by atoms with Crippen LogP contribution >= 0.6 is 0 Å². The summed E-state index contributed by atoms with van der Waals surface area (Å²) in [6.07, 6.45) is 7.55. The zero-order valence-electron chi connectivity index (χ0n) is 9.03. The first kappa shape index (κ1) is 9.71. The number of nitrogens with zero attached hydrogens (tertiary/aromatic N) is 2. The van der Waals surface area contributed by atoms with Crippen LogP contribution in [0.4, 0.5) is 0 Å². The largest absolute Gasteiger partial charge is 0.335 e. The van der Waals surface area contributed by atoms with Crippen molar-refractivity contribution < 1.29 is 0 Å². The van der Waals surface area contributed by atoms with Gasteiger partial charge >= 0.3 is 0 Å². The van der Waals surface area contributed by atoms with Crippen molar-refractivity contribution in [1.29, 1.82) is 0 Å². The Kier molecular flexibility index (Phi) is 2.87. The Balaban J connectivity index is 1.96. The summed E-state index contributed by atoms with van der Waals surface area (Å²) in [6.45, 7) is 5.53. The van der Waals surface area contributed by atoms with E-state index >= 15 is 0 Å². The SMILES string of the molecule is CC(C)NC1CCc2nccn2CC1. The molecule has 0 fully saturated rings. The molecule has 1 aliphatic rings. The van der Waals surface area contributed by atoms with E-state index in [1.165, 1.54) is 18.7 Å². The fourth-order valence-corrected chi connectivity index (χ4v) is 2.15. The lowest BCUT2D eigenvalue weighted by Crippen LogP contribution is -2.35. The maximum Gasteiger partial charge on any atom is 0.108 e. The average molecular weight is 193 g/mol. The number of fused-ring (bicyclic) bond motifs is 1. The molecule has 2 heterocycles. The molecule has 78 valence electrons. The van der Waals surface area contributed by atoms with Gasteiger partial charge in [0.25, 0.3) is 0 Å². The van der Waals surface area contributed by atoms with Crippen molar-refractivity contribution in [1.82, 2.24) is 14.9 Å². The van der Waals surface area contributed by atoms with Crippen molar-refractivity contribution in [2.24, 2.45) is 0 Å². The standard InChI is InChI=1S/C11H19N3/c1-9(2)13-10-3-4-11-12-6-8-14(11)7-5-10/h6,8-10,13H,3-5,7H2,1-2H3. The molecule has 2 rings (SSSR count). The van der Waals surface area contributed by atoms with Gasteiger partial charge in [-0.2, -0.15) is 0 Å². The minimum atomic E-state index is 0.588. The Morgan fingerprint density at radius 2 is 2.36 bits per heavy atom. The average Bonchev–Trinajstić information content (AvgIpc) is 2.50. The van der Waals surface area contributed by atoms with Crippen LogP contribution in [0.15, 0.2) is 12.4 Å². The third-order valence-corrected chi connectivity index (χ3v) is 2.81. The molecule has 0 radical (unpaired) electrons. The van der Waals surface area contributed by atoms with Crippen molar-refractivity contribution >= 4 is 0 Å². The van der Waals surface area contributed by atoms with Gasteiger partial charge in [-0.3, -0.25) is 0 Å². The number of rotatable bonds is 2. The molecule has 0 saturated heterocycles. The number of imidazole rings is 1. The molecular formula is C11H19N3. The van der Waals surface area contributed by atoms with E-state index in [2.05, 4.69) is 34.9 Å². The number of aromatic nitrogens is 2. The molecule has 1 atom stereocenters. The molecule has 14 heavy (non-hydrogen) atoms. The minimum Gasteiger partial charge on any atom is -0.335 e. The first-order chi connectivity index (χ1) is 6.75. The highest BCUT2D eigenvalue weighted by Crippen LogP contribution is 2.13. The summed E-state index contributed by atoms with van der Waals surface area (Å²) < 4.78 is 2.28. The van der Waals surface area contributed by atoms with Crippen LogP contribution in [0.2, 0.25) is 0 Å². The lowest BCUT2D eigenvalue weighted by atomic mass is 10.1. The summed E-state index contributed by atoms with van der Waals surface area (Å²) in [6, 6.07) is 1.25. The zero-order chi connectivity index (χ0) is 9.97. The van der Waals surface area contributed by atoms with Gasteiger partial charge in [-0.1, -0.05) is 13.8 Å². The molecule has 1 unspecified atom stereocenters. The van der Waals surface area contributed by atoms with Crippen LogP contribution in [-0.4, -0.2) is 21.6 Å². The Morgan fingerprint density at radius 1 is 1.50 bits per heavy atom. The molecule has 0 amide bonds. The molecule has 0 spiro atoms. The van der Waals surface area contributed by atoms with E-state index in [1.807, 2.05) is 6.20 Å². The minimum absolute atomic E-state index is 0.588. The molecule has 3 heteroatoms. The molecule has 1 aromatic rings. The summed E-state index contributed by atoms with van der Waals surface area (Å²) in [5.41, 5.74) is 0. The number of hydrogen-bond acceptors (Lipinski definition) is 2. The van der Waals surface area contributed by atoms with Gasteiger partial charge in [0.1, 0.15) is 5.82 Å². The molecule has 1 N–H and O–H groups in total. The second-order valence-electron chi connectivity index (χ2n) is 4.38. The van der Waals surface area contributed by atoms with Crippen LogP contribution < -0.4 is 5.32 Å². The van der Waals surface area contributed by atoms with Gasteiger partial charge in [-0.05, 0) is 12.8 Å². The molecule has 1 aromatic heterocycles. The maximum absolute atomic E-state index is 4.37. The monoisotopic (exact) mass is 193 g/mol. The molecule has 0 saturated carbocycles. The number of hydrogen-bond donors (Lipinski definition) is 1. The highest BCUT2D eigenvalue weighted by Gasteiger charge is 2.16. The first-order valence-electron chi connectivity index (χ1n) is 5.52. The number of nitrogens with one attached hydrogen (secondary N) is 1. The summed E-state index contributed by atoms with van der Waals surface area (Å²) in [4.78, 5) is 4.37. The van der Waals surface area contributed by atoms with Crippen LogP contribution in [0.25, 0.3) is 0 Å². The highest BCUT2D eigenvalue weighted by molar-refractivity contribution is 4.96. The normalized spacial score (nSPS) is 22.1. The predicted molar refractivity (Wildman–Crippen MR) is 57.2 cm³/mol. The lowest BCUT2D eigenvalue weighted by molar-refractivity contribution is 0.414. The van der Waals surface area contributed by atoms with Gasteiger partial charge < -0.3 is 9.88 Å². The molecule has 0 aliphatic carbocycles. The van der Waals surface area contributed by atoms with Gasteiger partial charge in [0.05, 0.1) is 0 Å². The van der Waals surface area contributed by atoms with Crippen molar-refractivity contribution in [3.8, 4) is 0 Å². The Bertz CT molecular complexity index is 268. The van der Waals surface area contributed by atoms with E-state index in [1.54, 1.807) is 0 Å². The van der Waals surface area contributed by atoms with Crippen LogP contribution in [0.1, 0.15) is 32.5 Å². The van der Waals surface area contributed by atoms with Gasteiger partial charge in [-0.25, -0.2) is 4.98 Å². The third-order valence-electron chi connectivity index (χ3n) is 2.81. The van der Waals surface area contributed by atoms with Crippen LogP contribution in [0, 0.1) is 0 Å². The first-order valence-corrected chi connectivity index (χ1v) is 5.52. The summed E-state index contributed by atoms with van der Waals surface area (Å²) >= 11 is 0. The third kappa shape index (κ3) is 2.15. The summed E-state index contributed by atoms with van der Waals surface area (Å²) in [5, 5.41) is 3.61.